The number of benzene rings is 1. The van der Waals surface area contributed by atoms with Crippen LogP contribution in [0.1, 0.15) is 50.1 Å². The Kier molecular flexibility index (Phi) is 9.00. The Labute approximate surface area is 187 Å². The van der Waals surface area contributed by atoms with Crippen LogP contribution < -0.4 is 15.4 Å². The average Bonchev–Trinajstić information content (AvgIpc) is 2.83. The van der Waals surface area contributed by atoms with Crippen LogP contribution in [-0.2, 0) is 4.79 Å². The summed E-state index contributed by atoms with van der Waals surface area (Å²) in [5.74, 6) is 2.51. The van der Waals surface area contributed by atoms with Crippen molar-refractivity contribution in [2.75, 3.05) is 53.9 Å². The molecule has 1 atom stereocenters. The molecule has 3 rings (SSSR count). The number of nitrogens with one attached hydrogen (secondary N) is 2. The summed E-state index contributed by atoms with van der Waals surface area (Å²) in [6, 6.07) is 8.62. The molecule has 0 spiro atoms. The number of carbonyl (C=O) groups is 1. The zero-order valence-corrected chi connectivity index (χ0v) is 19.4. The van der Waals surface area contributed by atoms with Crippen molar-refractivity contribution in [3.05, 3.63) is 29.8 Å². The Balaban J connectivity index is 1.64. The fourth-order valence-corrected chi connectivity index (χ4v) is 4.84. The molecule has 0 bridgehead atoms. The number of ether oxygens (including phenoxy) is 1. The van der Waals surface area contributed by atoms with Crippen LogP contribution in [0.4, 0.5) is 0 Å². The van der Waals surface area contributed by atoms with Gasteiger partial charge in [0.1, 0.15) is 5.75 Å². The highest BCUT2D eigenvalue weighted by molar-refractivity contribution is 5.80. The van der Waals surface area contributed by atoms with Crippen molar-refractivity contribution < 1.29 is 9.53 Å². The van der Waals surface area contributed by atoms with Crippen LogP contribution in [0.2, 0.25) is 0 Å². The van der Waals surface area contributed by atoms with Gasteiger partial charge in [-0.05, 0) is 50.8 Å². The monoisotopic (exact) mass is 429 g/mol. The molecule has 1 amide bonds. The largest absolute Gasteiger partial charge is 0.496 e. The Hall–Kier alpha value is -2.28. The second-order valence-corrected chi connectivity index (χ2v) is 8.59. The summed E-state index contributed by atoms with van der Waals surface area (Å²) >= 11 is 0. The van der Waals surface area contributed by atoms with Gasteiger partial charge in [-0.2, -0.15) is 0 Å². The molecule has 0 saturated carbocycles. The van der Waals surface area contributed by atoms with E-state index in [0.29, 0.717) is 12.3 Å². The summed E-state index contributed by atoms with van der Waals surface area (Å²) in [6.07, 6.45) is 6.49. The number of amides is 1. The third kappa shape index (κ3) is 6.35. The van der Waals surface area contributed by atoms with Crippen molar-refractivity contribution in [3.8, 4) is 5.75 Å². The standard InChI is InChI=1S/C24H39N5O2/c1-25-23(30)17-19-11-15-29(16-12-19)24(26-2)27-18-21(28-13-7-4-8-14-28)20-9-5-6-10-22(20)31-3/h5-6,9-10,19,21H,4,7-8,11-18H2,1-3H3,(H,25,30)(H,26,27). The van der Waals surface area contributed by atoms with E-state index >= 15 is 0 Å². The van der Waals surface area contributed by atoms with Gasteiger partial charge in [0.15, 0.2) is 5.96 Å². The Bertz CT molecular complexity index is 724. The number of carbonyl (C=O) groups excluding carboxylic acids is 1. The van der Waals surface area contributed by atoms with E-state index < -0.39 is 0 Å². The number of hydrogen-bond acceptors (Lipinski definition) is 4. The van der Waals surface area contributed by atoms with Crippen LogP contribution in [0.25, 0.3) is 0 Å². The molecule has 7 nitrogen and oxygen atoms in total. The molecule has 172 valence electrons. The van der Waals surface area contributed by atoms with Crippen molar-refractivity contribution >= 4 is 11.9 Å². The van der Waals surface area contributed by atoms with E-state index in [0.717, 1.165) is 57.3 Å². The van der Waals surface area contributed by atoms with Crippen molar-refractivity contribution in [3.63, 3.8) is 0 Å². The molecule has 31 heavy (non-hydrogen) atoms. The van der Waals surface area contributed by atoms with E-state index in [1.165, 1.54) is 24.8 Å². The minimum Gasteiger partial charge on any atom is -0.496 e. The molecule has 0 radical (unpaired) electrons. The maximum Gasteiger partial charge on any atom is 0.220 e. The summed E-state index contributed by atoms with van der Waals surface area (Å²) < 4.78 is 5.69. The Morgan fingerprint density at radius 1 is 1.16 bits per heavy atom. The van der Waals surface area contributed by atoms with Crippen molar-refractivity contribution in [2.45, 2.75) is 44.6 Å². The van der Waals surface area contributed by atoms with E-state index in [1.807, 2.05) is 13.1 Å². The summed E-state index contributed by atoms with van der Waals surface area (Å²) in [5, 5.41) is 6.40. The number of guanidine groups is 1. The maximum atomic E-state index is 11.7. The average molecular weight is 430 g/mol. The van der Waals surface area contributed by atoms with Crippen molar-refractivity contribution in [2.24, 2.45) is 10.9 Å². The highest BCUT2D eigenvalue weighted by Gasteiger charge is 2.27. The number of nitrogens with zero attached hydrogens (tertiary/aromatic N) is 3. The van der Waals surface area contributed by atoms with Gasteiger partial charge >= 0.3 is 0 Å². The van der Waals surface area contributed by atoms with Crippen LogP contribution in [0.5, 0.6) is 5.75 Å². The molecule has 1 aromatic rings. The van der Waals surface area contributed by atoms with Gasteiger partial charge in [-0.1, -0.05) is 24.6 Å². The van der Waals surface area contributed by atoms with Crippen molar-refractivity contribution in [1.29, 1.82) is 0 Å². The summed E-state index contributed by atoms with van der Waals surface area (Å²) in [6.45, 7) is 4.90. The summed E-state index contributed by atoms with van der Waals surface area (Å²) in [5.41, 5.74) is 1.24. The van der Waals surface area contributed by atoms with E-state index in [-0.39, 0.29) is 11.9 Å². The molecule has 2 heterocycles. The number of rotatable bonds is 7. The molecule has 7 heteroatoms. The molecule has 0 aliphatic carbocycles. The first-order valence-corrected chi connectivity index (χ1v) is 11.7. The second kappa shape index (κ2) is 11.9. The van der Waals surface area contributed by atoms with Crippen LogP contribution in [0.15, 0.2) is 29.3 Å². The van der Waals surface area contributed by atoms with Crippen LogP contribution in [0.3, 0.4) is 0 Å². The summed E-state index contributed by atoms with van der Waals surface area (Å²) in [4.78, 5) is 21.2. The number of likely N-dealkylation sites (tertiary alicyclic amines) is 2. The number of hydrogen-bond donors (Lipinski definition) is 2. The topological polar surface area (TPSA) is 69.2 Å². The third-order valence-corrected chi connectivity index (χ3v) is 6.66. The number of para-hydroxylation sites is 1. The van der Waals surface area contributed by atoms with Gasteiger partial charge < -0.3 is 20.3 Å². The number of piperidine rings is 2. The molecule has 2 saturated heterocycles. The van der Waals surface area contributed by atoms with Crippen LogP contribution in [-0.4, -0.2) is 75.6 Å². The van der Waals surface area contributed by atoms with E-state index in [4.69, 9.17) is 4.74 Å². The van der Waals surface area contributed by atoms with E-state index in [1.54, 1.807) is 14.2 Å². The van der Waals surface area contributed by atoms with Gasteiger partial charge in [-0.3, -0.25) is 14.7 Å². The first-order chi connectivity index (χ1) is 15.2. The maximum absolute atomic E-state index is 11.7. The van der Waals surface area contributed by atoms with E-state index in [9.17, 15) is 4.79 Å². The highest BCUT2D eigenvalue weighted by atomic mass is 16.5. The molecule has 2 aliphatic rings. The first-order valence-electron chi connectivity index (χ1n) is 11.7. The van der Waals surface area contributed by atoms with Crippen LogP contribution in [0, 0.1) is 5.92 Å². The fourth-order valence-electron chi connectivity index (χ4n) is 4.84. The molecule has 2 N–H and O–H groups in total. The highest BCUT2D eigenvalue weighted by Crippen LogP contribution is 2.31. The van der Waals surface area contributed by atoms with Gasteiger partial charge in [0.05, 0.1) is 13.2 Å². The second-order valence-electron chi connectivity index (χ2n) is 8.59. The van der Waals surface area contributed by atoms with Gasteiger partial charge in [0, 0.05) is 45.7 Å². The minimum atomic E-state index is 0.141. The summed E-state index contributed by atoms with van der Waals surface area (Å²) in [7, 11) is 5.32. The SMILES string of the molecule is CN=C(NCC(c1ccccc1OC)N1CCCCC1)N1CCC(CC(=O)NC)CC1. The Morgan fingerprint density at radius 3 is 2.52 bits per heavy atom. The molecule has 1 unspecified atom stereocenters. The third-order valence-electron chi connectivity index (χ3n) is 6.66. The van der Waals surface area contributed by atoms with Gasteiger partial charge in [-0.25, -0.2) is 0 Å². The molecule has 2 aliphatic heterocycles. The lowest BCUT2D eigenvalue weighted by atomic mass is 9.93. The smallest absolute Gasteiger partial charge is 0.220 e. The normalized spacial score (nSPS) is 19.7. The lowest BCUT2D eigenvalue weighted by Crippen LogP contribution is -2.48. The molecule has 0 aromatic heterocycles. The van der Waals surface area contributed by atoms with Gasteiger partial charge in [-0.15, -0.1) is 0 Å². The zero-order valence-electron chi connectivity index (χ0n) is 19.4. The zero-order chi connectivity index (χ0) is 22.1. The minimum absolute atomic E-state index is 0.141. The first kappa shape index (κ1) is 23.4. The molecular weight excluding hydrogens is 390 g/mol. The number of methoxy groups -OCH3 is 1. The van der Waals surface area contributed by atoms with Gasteiger partial charge in [0.25, 0.3) is 0 Å². The fraction of sp³-hybridized carbons (Fsp3) is 0.667. The van der Waals surface area contributed by atoms with Crippen LogP contribution >= 0.6 is 0 Å². The molecule has 2 fully saturated rings. The quantitative estimate of drug-likeness (QED) is 0.515. The predicted molar refractivity (Wildman–Crippen MR) is 126 cm³/mol. The number of aliphatic imine (C=N–C) groups is 1. The molecule has 1 aromatic carbocycles. The lowest BCUT2D eigenvalue weighted by Gasteiger charge is -2.38. The Morgan fingerprint density at radius 2 is 1.87 bits per heavy atom. The van der Waals surface area contributed by atoms with Gasteiger partial charge in [0.2, 0.25) is 5.91 Å². The predicted octanol–water partition coefficient (Wildman–Crippen LogP) is 2.65. The van der Waals surface area contributed by atoms with E-state index in [2.05, 4.69) is 43.6 Å². The van der Waals surface area contributed by atoms with Crippen molar-refractivity contribution in [1.82, 2.24) is 20.4 Å². The molecular formula is C24H39N5O2. The lowest BCUT2D eigenvalue weighted by molar-refractivity contribution is -0.121.